The van der Waals surface area contributed by atoms with E-state index >= 15 is 0 Å². The normalized spacial score (nSPS) is 19.8. The van der Waals surface area contributed by atoms with Crippen molar-refractivity contribution in [2.75, 3.05) is 0 Å². The van der Waals surface area contributed by atoms with Gasteiger partial charge in [0.1, 0.15) is 23.7 Å². The summed E-state index contributed by atoms with van der Waals surface area (Å²) in [5.74, 6) is -0.380. The number of nitrogens with one attached hydrogen (secondary N) is 1. The highest BCUT2D eigenvalue weighted by atomic mass is 19.4. The monoisotopic (exact) mass is 382 g/mol. The van der Waals surface area contributed by atoms with Gasteiger partial charge < -0.3 is 20.2 Å². The Kier molecular flexibility index (Phi) is 5.22. The molecule has 144 valence electrons. The Morgan fingerprint density at radius 2 is 1.89 bits per heavy atom. The van der Waals surface area contributed by atoms with E-state index < -0.39 is 35.8 Å². The van der Waals surface area contributed by atoms with Crippen molar-refractivity contribution in [3.63, 3.8) is 0 Å². The third-order valence-electron chi connectivity index (χ3n) is 4.20. The van der Waals surface area contributed by atoms with E-state index in [0.717, 1.165) is 12.1 Å². The Labute approximate surface area is 152 Å². The van der Waals surface area contributed by atoms with E-state index in [1.165, 1.54) is 18.2 Å². The van der Waals surface area contributed by atoms with Gasteiger partial charge in [-0.1, -0.05) is 12.1 Å². The van der Waals surface area contributed by atoms with Gasteiger partial charge in [-0.15, -0.1) is 0 Å². The molecular weight excluding hydrogens is 365 g/mol. The third kappa shape index (κ3) is 4.48. The molecule has 1 aliphatic rings. The quantitative estimate of drug-likeness (QED) is 0.831. The van der Waals surface area contributed by atoms with Gasteiger partial charge in [-0.25, -0.2) is 0 Å². The van der Waals surface area contributed by atoms with Crippen LogP contribution in [0.1, 0.15) is 24.2 Å². The van der Waals surface area contributed by atoms with Crippen LogP contribution in [0.5, 0.6) is 0 Å². The van der Waals surface area contributed by atoms with Gasteiger partial charge in [-0.2, -0.15) is 13.2 Å². The minimum Gasteiger partial charge on any atom is -0.459 e. The number of carbonyl (C=O) groups excluding carboxylic acids is 2. The summed E-state index contributed by atoms with van der Waals surface area (Å²) in [5.41, 5.74) is 4.65. The van der Waals surface area contributed by atoms with E-state index in [2.05, 4.69) is 5.32 Å². The smallest absolute Gasteiger partial charge is 0.416 e. The van der Waals surface area contributed by atoms with Gasteiger partial charge in [0.05, 0.1) is 12.1 Å². The zero-order chi connectivity index (χ0) is 19.6. The maximum absolute atomic E-state index is 12.8. The molecule has 9 heteroatoms. The first-order chi connectivity index (χ1) is 12.7. The zero-order valence-electron chi connectivity index (χ0n) is 14.1. The molecule has 3 rings (SSSR count). The maximum Gasteiger partial charge on any atom is 0.416 e. The van der Waals surface area contributed by atoms with Crippen LogP contribution in [-0.4, -0.2) is 24.0 Å². The molecule has 0 radical (unpaired) electrons. The number of amides is 2. The molecule has 2 atom stereocenters. The molecular formula is C18H17F3N2O4. The summed E-state index contributed by atoms with van der Waals surface area (Å²) in [5, 5.41) is 2.61. The molecule has 27 heavy (non-hydrogen) atoms. The molecule has 6 nitrogen and oxygen atoms in total. The Balaban J connectivity index is 1.60. The largest absolute Gasteiger partial charge is 0.459 e. The van der Waals surface area contributed by atoms with Crippen LogP contribution in [0, 0.1) is 0 Å². The summed E-state index contributed by atoms with van der Waals surface area (Å²) in [7, 11) is 0. The molecule has 1 aliphatic heterocycles. The summed E-state index contributed by atoms with van der Waals surface area (Å²) in [6.45, 7) is 0.0406. The topological polar surface area (TPSA) is 94.6 Å². The van der Waals surface area contributed by atoms with Gasteiger partial charge >= 0.3 is 6.18 Å². The molecule has 2 heterocycles. The van der Waals surface area contributed by atoms with Gasteiger partial charge in [0, 0.05) is 5.56 Å². The molecule has 1 fully saturated rings. The van der Waals surface area contributed by atoms with Crippen LogP contribution < -0.4 is 11.1 Å². The van der Waals surface area contributed by atoms with Gasteiger partial charge in [0.25, 0.3) is 0 Å². The summed E-state index contributed by atoms with van der Waals surface area (Å²) < 4.78 is 49.2. The zero-order valence-corrected chi connectivity index (χ0v) is 14.1. The highest BCUT2D eigenvalue weighted by molar-refractivity contribution is 5.84. The second-order valence-electron chi connectivity index (χ2n) is 6.16. The number of halogens is 3. The molecule has 1 aromatic heterocycles. The predicted molar refractivity (Wildman–Crippen MR) is 88.1 cm³/mol. The average molecular weight is 382 g/mol. The standard InChI is InChI=1S/C18H17F3N2O4/c19-18(20,21)11-3-1-2-10(8-11)13-5-4-12(26-13)9-23-17(25)15-7-6-14(27-15)16(22)24/h1-5,8,14-15H,6-7,9H2,(H2,22,24)(H,23,25)/t14-,15+/m0/s1. The molecule has 2 amide bonds. The Morgan fingerprint density at radius 1 is 1.15 bits per heavy atom. The van der Waals surface area contributed by atoms with Crippen molar-refractivity contribution >= 4 is 11.8 Å². The van der Waals surface area contributed by atoms with Crippen LogP contribution in [0.25, 0.3) is 11.3 Å². The Bertz CT molecular complexity index is 847. The summed E-state index contributed by atoms with van der Waals surface area (Å²) in [6.07, 6.45) is -5.21. The van der Waals surface area contributed by atoms with Gasteiger partial charge in [-0.3, -0.25) is 9.59 Å². The van der Waals surface area contributed by atoms with Crippen molar-refractivity contribution in [1.29, 1.82) is 0 Å². The van der Waals surface area contributed by atoms with Crippen LogP contribution in [0.15, 0.2) is 40.8 Å². The molecule has 2 aromatic rings. The van der Waals surface area contributed by atoms with Crippen molar-refractivity contribution in [1.82, 2.24) is 5.32 Å². The van der Waals surface area contributed by atoms with E-state index in [1.807, 2.05) is 0 Å². The third-order valence-corrected chi connectivity index (χ3v) is 4.20. The number of nitrogens with two attached hydrogens (primary N) is 1. The van der Waals surface area contributed by atoms with Crippen LogP contribution in [0.3, 0.4) is 0 Å². The number of rotatable bonds is 5. The SMILES string of the molecule is NC(=O)[C@@H]1CC[C@H](C(=O)NCc2ccc(-c3cccc(C(F)(F)F)c3)o2)O1. The van der Waals surface area contributed by atoms with Crippen LogP contribution in [-0.2, 0) is 27.0 Å². The number of hydrogen-bond acceptors (Lipinski definition) is 4. The average Bonchev–Trinajstić information content (AvgIpc) is 3.29. The first kappa shape index (κ1) is 19.0. The van der Waals surface area contributed by atoms with Gasteiger partial charge in [0.15, 0.2) is 0 Å². The molecule has 0 spiro atoms. The van der Waals surface area contributed by atoms with E-state index in [1.54, 1.807) is 6.07 Å². The van der Waals surface area contributed by atoms with Crippen molar-refractivity contribution in [3.05, 3.63) is 47.7 Å². The number of primary amides is 1. The van der Waals surface area contributed by atoms with E-state index in [4.69, 9.17) is 14.9 Å². The fraction of sp³-hybridized carbons (Fsp3) is 0.333. The lowest BCUT2D eigenvalue weighted by Crippen LogP contribution is -2.36. The minimum absolute atomic E-state index is 0.0406. The molecule has 0 saturated carbocycles. The van der Waals surface area contributed by atoms with Crippen LogP contribution in [0.2, 0.25) is 0 Å². The Hall–Kier alpha value is -2.81. The van der Waals surface area contributed by atoms with Crippen molar-refractivity contribution < 1.29 is 31.9 Å². The number of carbonyl (C=O) groups is 2. The first-order valence-corrected chi connectivity index (χ1v) is 8.23. The van der Waals surface area contributed by atoms with E-state index in [0.29, 0.717) is 18.6 Å². The first-order valence-electron chi connectivity index (χ1n) is 8.23. The van der Waals surface area contributed by atoms with Crippen molar-refractivity contribution in [3.8, 4) is 11.3 Å². The summed E-state index contributed by atoms with van der Waals surface area (Å²) in [4.78, 5) is 23.1. The molecule has 0 aliphatic carbocycles. The molecule has 0 bridgehead atoms. The lowest BCUT2D eigenvalue weighted by atomic mass is 10.1. The number of ether oxygens (including phenoxy) is 1. The van der Waals surface area contributed by atoms with Crippen LogP contribution in [0.4, 0.5) is 13.2 Å². The molecule has 1 aromatic carbocycles. The van der Waals surface area contributed by atoms with E-state index in [-0.39, 0.29) is 17.9 Å². The highest BCUT2D eigenvalue weighted by Crippen LogP contribution is 2.32. The maximum atomic E-state index is 12.8. The number of hydrogen-bond donors (Lipinski definition) is 2. The molecule has 0 unspecified atom stereocenters. The predicted octanol–water partition coefficient (Wildman–Crippen LogP) is 2.61. The van der Waals surface area contributed by atoms with Crippen LogP contribution >= 0.6 is 0 Å². The summed E-state index contributed by atoms with van der Waals surface area (Å²) in [6, 6.07) is 7.89. The Morgan fingerprint density at radius 3 is 2.56 bits per heavy atom. The minimum atomic E-state index is -4.44. The van der Waals surface area contributed by atoms with E-state index in [9.17, 15) is 22.8 Å². The lowest BCUT2D eigenvalue weighted by molar-refractivity contribution is -0.138. The van der Waals surface area contributed by atoms with Crippen molar-refractivity contribution in [2.45, 2.75) is 37.8 Å². The number of benzene rings is 1. The van der Waals surface area contributed by atoms with Gasteiger partial charge in [-0.05, 0) is 37.1 Å². The number of furan rings is 1. The highest BCUT2D eigenvalue weighted by Gasteiger charge is 2.33. The van der Waals surface area contributed by atoms with Crippen molar-refractivity contribution in [2.24, 2.45) is 5.73 Å². The van der Waals surface area contributed by atoms with Gasteiger partial charge in [0.2, 0.25) is 11.8 Å². The second-order valence-corrected chi connectivity index (χ2v) is 6.16. The second kappa shape index (κ2) is 7.43. The lowest BCUT2D eigenvalue weighted by Gasteiger charge is -2.11. The molecule has 3 N–H and O–H groups in total. The summed E-state index contributed by atoms with van der Waals surface area (Å²) >= 11 is 0. The fourth-order valence-electron chi connectivity index (χ4n) is 2.80. The fourth-order valence-corrected chi connectivity index (χ4v) is 2.80. The molecule has 1 saturated heterocycles. The number of alkyl halides is 3.